The molecule has 3 N–H and O–H groups in total. The first kappa shape index (κ1) is 27.5. The molecule has 0 radical (unpaired) electrons. The molecule has 0 fully saturated rings. The largest absolute Gasteiger partial charge is 0.479 e. The molecule has 1 aliphatic rings. The molecule has 0 saturated carbocycles. The van der Waals surface area contributed by atoms with E-state index in [-0.39, 0.29) is 18.2 Å². The highest BCUT2D eigenvalue weighted by Gasteiger charge is 2.53. The van der Waals surface area contributed by atoms with Gasteiger partial charge in [0.2, 0.25) is 12.0 Å². The molecular weight excluding hydrogens is 524 g/mol. The van der Waals surface area contributed by atoms with Crippen LogP contribution in [0, 0.1) is 13.8 Å². The highest BCUT2D eigenvalue weighted by atomic mass is 16.5. The van der Waals surface area contributed by atoms with Gasteiger partial charge in [-0.25, -0.2) is 19.6 Å². The molecule has 3 aromatic carbocycles. The molecule has 208 valence electrons. The van der Waals surface area contributed by atoms with E-state index >= 15 is 0 Å². The van der Waals surface area contributed by atoms with Crippen LogP contribution in [0.5, 0.6) is 6.01 Å². The summed E-state index contributed by atoms with van der Waals surface area (Å²) in [5.41, 5.74) is 0.987. The first-order chi connectivity index (χ1) is 19.7. The summed E-state index contributed by atoms with van der Waals surface area (Å²) in [7, 11) is 0. The van der Waals surface area contributed by atoms with E-state index < -0.39 is 35.5 Å². The normalized spacial score (nSPS) is 18.1. The zero-order chi connectivity index (χ0) is 29.1. The van der Waals surface area contributed by atoms with Crippen molar-refractivity contribution in [3.05, 3.63) is 119 Å². The Labute approximate surface area is 236 Å². The van der Waals surface area contributed by atoms with E-state index in [0.29, 0.717) is 28.1 Å². The number of anilines is 1. The van der Waals surface area contributed by atoms with E-state index in [4.69, 9.17) is 4.74 Å². The number of rotatable bonds is 8. The standard InChI is InChI=1S/C31H28N4O6/c1-19-17-20(2)34-30(33-19)41-27(29(39)40)31(22-13-7-4-8-14-22)23-15-9-10-16-24(23)35(25(36)18-32-31)26(28(37)38)21-11-5-3-6-12-21/h3-17,26-27,32H,18H2,1-2H3,(H,37,38)(H,39,40). The average molecular weight is 553 g/mol. The summed E-state index contributed by atoms with van der Waals surface area (Å²) in [5, 5.41) is 24.2. The molecule has 0 bridgehead atoms. The van der Waals surface area contributed by atoms with Gasteiger partial charge in [-0.2, -0.15) is 0 Å². The van der Waals surface area contributed by atoms with E-state index in [0.717, 1.165) is 0 Å². The van der Waals surface area contributed by atoms with Gasteiger partial charge in [0.25, 0.3) is 0 Å². The number of carbonyl (C=O) groups is 3. The number of carbonyl (C=O) groups excluding carboxylic acids is 1. The van der Waals surface area contributed by atoms with E-state index in [1.54, 1.807) is 105 Å². The highest BCUT2D eigenvalue weighted by Crippen LogP contribution is 2.44. The Kier molecular flexibility index (Phi) is 7.50. The Morgan fingerprint density at radius 1 is 0.878 bits per heavy atom. The summed E-state index contributed by atoms with van der Waals surface area (Å²) in [6.45, 7) is 3.10. The van der Waals surface area contributed by atoms with Crippen molar-refractivity contribution in [2.75, 3.05) is 11.4 Å². The fourth-order valence-corrected chi connectivity index (χ4v) is 5.39. The van der Waals surface area contributed by atoms with Crippen molar-refractivity contribution in [2.24, 2.45) is 0 Å². The lowest BCUT2D eigenvalue weighted by molar-refractivity contribution is -0.149. The lowest BCUT2D eigenvalue weighted by Gasteiger charge is -2.39. The Morgan fingerprint density at radius 3 is 2.07 bits per heavy atom. The van der Waals surface area contributed by atoms with E-state index in [1.807, 2.05) is 0 Å². The smallest absolute Gasteiger partial charge is 0.347 e. The summed E-state index contributed by atoms with van der Waals surface area (Å²) < 4.78 is 6.08. The maximum atomic E-state index is 13.8. The molecule has 2 heterocycles. The van der Waals surface area contributed by atoms with Crippen molar-refractivity contribution in [3.63, 3.8) is 0 Å². The summed E-state index contributed by atoms with van der Waals surface area (Å²) >= 11 is 0. The van der Waals surface area contributed by atoms with Gasteiger partial charge in [0.1, 0.15) is 5.54 Å². The second-order valence-corrected chi connectivity index (χ2v) is 9.73. The number of nitrogens with zero attached hydrogens (tertiary/aromatic N) is 3. The molecule has 1 amide bonds. The Balaban J connectivity index is 1.78. The van der Waals surface area contributed by atoms with Gasteiger partial charge in [-0.15, -0.1) is 0 Å². The molecule has 0 spiro atoms. The SMILES string of the molecule is Cc1cc(C)nc(OC(C(=O)O)C2(c3ccccc3)NCC(=O)N(C(C(=O)O)c3ccccc3)c3ccccc32)n1. The molecule has 3 atom stereocenters. The van der Waals surface area contributed by atoms with Gasteiger partial charge in [-0.05, 0) is 37.1 Å². The van der Waals surface area contributed by atoms with Crippen LogP contribution in [-0.2, 0) is 19.9 Å². The molecule has 5 rings (SSSR count). The molecule has 3 unspecified atom stereocenters. The number of fused-ring (bicyclic) bond motifs is 1. The van der Waals surface area contributed by atoms with Gasteiger partial charge in [0, 0.05) is 17.0 Å². The minimum absolute atomic E-state index is 0.135. The monoisotopic (exact) mass is 552 g/mol. The van der Waals surface area contributed by atoms with Gasteiger partial charge in [-0.1, -0.05) is 78.9 Å². The van der Waals surface area contributed by atoms with Gasteiger partial charge in [-0.3, -0.25) is 15.0 Å². The molecule has 4 aromatic rings. The maximum absolute atomic E-state index is 13.8. The van der Waals surface area contributed by atoms with Crippen LogP contribution < -0.4 is 15.0 Å². The van der Waals surface area contributed by atoms with Crippen molar-refractivity contribution in [1.29, 1.82) is 0 Å². The first-order valence-electron chi connectivity index (χ1n) is 12.9. The number of carboxylic acid groups (broad SMARTS) is 2. The van der Waals surface area contributed by atoms with E-state index in [9.17, 15) is 24.6 Å². The third-order valence-corrected chi connectivity index (χ3v) is 7.01. The Hall–Kier alpha value is -5.09. The number of ether oxygens (including phenoxy) is 1. The number of amides is 1. The Morgan fingerprint density at radius 2 is 1.46 bits per heavy atom. The molecule has 0 saturated heterocycles. The van der Waals surface area contributed by atoms with Crippen LogP contribution in [0.1, 0.15) is 34.1 Å². The van der Waals surface area contributed by atoms with Gasteiger partial charge >= 0.3 is 17.9 Å². The zero-order valence-corrected chi connectivity index (χ0v) is 22.4. The predicted octanol–water partition coefficient (Wildman–Crippen LogP) is 3.63. The van der Waals surface area contributed by atoms with Gasteiger partial charge in [0.05, 0.1) is 12.2 Å². The number of hydrogen-bond donors (Lipinski definition) is 3. The van der Waals surface area contributed by atoms with Crippen molar-refractivity contribution in [2.45, 2.75) is 31.5 Å². The van der Waals surface area contributed by atoms with Crippen molar-refractivity contribution < 1.29 is 29.3 Å². The molecule has 1 aromatic heterocycles. The van der Waals surface area contributed by atoms with Crippen LogP contribution in [0.3, 0.4) is 0 Å². The summed E-state index contributed by atoms with van der Waals surface area (Å²) in [5.74, 6) is -3.13. The zero-order valence-electron chi connectivity index (χ0n) is 22.4. The third kappa shape index (κ3) is 5.12. The predicted molar refractivity (Wildman–Crippen MR) is 150 cm³/mol. The van der Waals surface area contributed by atoms with Crippen LogP contribution in [0.15, 0.2) is 91.0 Å². The summed E-state index contributed by atoms with van der Waals surface area (Å²) in [4.78, 5) is 49.4. The minimum atomic E-state index is -1.67. The second-order valence-electron chi connectivity index (χ2n) is 9.73. The van der Waals surface area contributed by atoms with Crippen LogP contribution in [0.2, 0.25) is 0 Å². The van der Waals surface area contributed by atoms with E-state index in [1.165, 1.54) is 4.90 Å². The number of aryl methyl sites for hydroxylation is 2. The number of aliphatic carboxylic acids is 2. The lowest BCUT2D eigenvalue weighted by Crippen LogP contribution is -2.58. The van der Waals surface area contributed by atoms with Crippen molar-refractivity contribution >= 4 is 23.5 Å². The van der Waals surface area contributed by atoms with Crippen LogP contribution in [0.4, 0.5) is 5.69 Å². The van der Waals surface area contributed by atoms with Crippen LogP contribution in [0.25, 0.3) is 0 Å². The topological polar surface area (TPSA) is 142 Å². The van der Waals surface area contributed by atoms with Gasteiger partial charge < -0.3 is 14.9 Å². The first-order valence-corrected chi connectivity index (χ1v) is 12.9. The maximum Gasteiger partial charge on any atom is 0.347 e. The van der Waals surface area contributed by atoms with E-state index in [2.05, 4.69) is 15.3 Å². The quantitative estimate of drug-likeness (QED) is 0.299. The average Bonchev–Trinajstić information content (AvgIpc) is 3.07. The number of benzene rings is 3. The van der Waals surface area contributed by atoms with Crippen LogP contribution in [-0.4, -0.2) is 50.7 Å². The summed E-state index contributed by atoms with van der Waals surface area (Å²) in [6, 6.07) is 24.1. The minimum Gasteiger partial charge on any atom is -0.479 e. The molecule has 0 aliphatic carbocycles. The number of hydrogen-bond acceptors (Lipinski definition) is 7. The fraction of sp³-hybridized carbons (Fsp3) is 0.194. The van der Waals surface area contributed by atoms with Crippen LogP contribution >= 0.6 is 0 Å². The highest BCUT2D eigenvalue weighted by molar-refractivity contribution is 6.02. The third-order valence-electron chi connectivity index (χ3n) is 7.01. The molecule has 10 nitrogen and oxygen atoms in total. The number of aromatic nitrogens is 2. The van der Waals surface area contributed by atoms with Crippen molar-refractivity contribution in [3.8, 4) is 6.01 Å². The second kappa shape index (κ2) is 11.2. The number of carboxylic acids is 2. The fourth-order valence-electron chi connectivity index (χ4n) is 5.39. The molecule has 10 heteroatoms. The van der Waals surface area contributed by atoms with Crippen molar-refractivity contribution in [1.82, 2.24) is 15.3 Å². The number of para-hydroxylation sites is 1. The van der Waals surface area contributed by atoms with Gasteiger partial charge in [0.15, 0.2) is 6.04 Å². The molecule has 1 aliphatic heterocycles. The Bertz CT molecular complexity index is 1580. The number of nitrogens with one attached hydrogen (secondary N) is 1. The summed E-state index contributed by atoms with van der Waals surface area (Å²) in [6.07, 6.45) is -1.67. The molecular formula is C31H28N4O6. The lowest BCUT2D eigenvalue weighted by atomic mass is 9.77. The molecule has 41 heavy (non-hydrogen) atoms.